The maximum absolute atomic E-state index is 12.6. The molecule has 0 bridgehead atoms. The molecule has 0 rings (SSSR count). The van der Waals surface area contributed by atoms with Crippen LogP contribution in [0.15, 0.2) is 48.6 Å². The number of phosphoric ester groups is 2. The molecule has 14 nitrogen and oxygen atoms in total. The van der Waals surface area contributed by atoms with Crippen LogP contribution in [0.25, 0.3) is 0 Å². The number of ether oxygens (including phenoxy) is 2. The maximum atomic E-state index is 12.6. The minimum Gasteiger partial charge on any atom is -0.462 e. The Hall–Kier alpha value is -2.25. The van der Waals surface area contributed by atoms with Gasteiger partial charge in [0.1, 0.15) is 12.7 Å². The van der Waals surface area contributed by atoms with Crippen molar-refractivity contribution < 1.29 is 66.3 Å². The third-order valence-electron chi connectivity index (χ3n) is 8.61. The molecule has 0 spiro atoms. The highest BCUT2D eigenvalue weighted by molar-refractivity contribution is 7.47. The van der Waals surface area contributed by atoms with Crippen LogP contribution in [-0.4, -0.2) is 76.1 Å². The summed E-state index contributed by atoms with van der Waals surface area (Å²) in [7, 11) is -9.74. The number of esters is 2. The van der Waals surface area contributed by atoms with Crippen LogP contribution in [0.4, 0.5) is 0 Å². The lowest BCUT2D eigenvalue weighted by Crippen LogP contribution is -2.30. The summed E-state index contributed by atoms with van der Waals surface area (Å²) in [5, 5.41) is 9.73. The summed E-state index contributed by atoms with van der Waals surface area (Å²) >= 11 is 0. The molecule has 0 aromatic heterocycles. The van der Waals surface area contributed by atoms with Gasteiger partial charge in [-0.1, -0.05) is 140 Å². The highest BCUT2D eigenvalue weighted by atomic mass is 31.2. The van der Waals surface area contributed by atoms with Gasteiger partial charge in [0.25, 0.3) is 0 Å². The molecule has 0 heterocycles. The number of phosphoric acid groups is 2. The van der Waals surface area contributed by atoms with Gasteiger partial charge in [0.15, 0.2) is 11.9 Å². The van der Waals surface area contributed by atoms with Crippen molar-refractivity contribution in [2.75, 3.05) is 26.4 Å². The van der Waals surface area contributed by atoms with Gasteiger partial charge >= 0.3 is 27.6 Å². The molecule has 0 aromatic rings. The molecule has 0 radical (unpaired) electrons. The van der Waals surface area contributed by atoms with E-state index in [-0.39, 0.29) is 31.5 Å². The molecule has 336 valence electrons. The van der Waals surface area contributed by atoms with Crippen LogP contribution in [-0.2, 0) is 46.6 Å². The Bertz CT molecular complexity index is 1290. The summed E-state index contributed by atoms with van der Waals surface area (Å²) in [6, 6.07) is 0. The van der Waals surface area contributed by atoms with E-state index in [2.05, 4.69) is 54.1 Å². The van der Waals surface area contributed by atoms with Gasteiger partial charge in [-0.15, -0.1) is 0 Å². The van der Waals surface area contributed by atoms with Crippen LogP contribution in [0.2, 0.25) is 0 Å². The van der Waals surface area contributed by atoms with Crippen molar-refractivity contribution in [3.8, 4) is 0 Å². The fraction of sp³-hybridized carbons (Fsp3) is 0.738. The number of hydrogen-bond donors (Lipinski definition) is 4. The van der Waals surface area contributed by atoms with Gasteiger partial charge in [0.2, 0.25) is 0 Å². The minimum absolute atomic E-state index is 0.0811. The Kier molecular flexibility index (Phi) is 35.2. The van der Waals surface area contributed by atoms with Gasteiger partial charge in [0, 0.05) is 19.3 Å². The fourth-order valence-corrected chi connectivity index (χ4v) is 6.52. The molecule has 0 aliphatic rings. The molecule has 0 saturated heterocycles. The van der Waals surface area contributed by atoms with E-state index in [4.69, 9.17) is 23.8 Å². The van der Waals surface area contributed by atoms with Crippen LogP contribution in [0.5, 0.6) is 0 Å². The zero-order chi connectivity index (χ0) is 43.3. The highest BCUT2D eigenvalue weighted by Gasteiger charge is 2.28. The number of aliphatic hydroxyl groups excluding tert-OH is 1. The van der Waals surface area contributed by atoms with Crippen LogP contribution < -0.4 is 0 Å². The summed E-state index contributed by atoms with van der Waals surface area (Å²) in [6.07, 6.45) is 31.3. The number of ketones is 1. The summed E-state index contributed by atoms with van der Waals surface area (Å²) in [5.74, 6) is -0.694. The molecular formula is C42H74O14P2. The van der Waals surface area contributed by atoms with Gasteiger partial charge in [-0.3, -0.25) is 28.0 Å². The predicted octanol–water partition coefficient (Wildman–Crippen LogP) is 9.71. The number of rotatable bonds is 39. The SMILES string of the molecule is CCCCC/C=C\C/C=C\C/C=C\C=C\C(=O)CCCC(=O)OC[C@H](COP(=O)(O)OC[C@@H](O)COP(=O)(O)O)OC(=O)CCCCCCCCCCCCC(C)C. The van der Waals surface area contributed by atoms with Crippen molar-refractivity contribution in [1.82, 2.24) is 0 Å². The van der Waals surface area contributed by atoms with Crippen molar-refractivity contribution in [2.45, 2.75) is 168 Å². The number of aliphatic hydroxyl groups is 1. The standard InChI is InChI=1S/C42H74O14P2/c1-4-5-6-7-8-9-10-11-12-16-19-22-25-29-38(43)30-27-32-41(45)52-35-40(36-55-58(50,51)54-34-39(44)33-53-57(47,48)49)56-42(46)31-26-23-20-17-14-13-15-18-21-24-28-37(2)3/h8-9,11-12,19,22,25,29,37,39-40,44H,4-7,10,13-18,20-21,23-24,26-28,30-36H2,1-3H3,(H,50,51)(H2,47,48,49)/b9-8-,12-11-,22-19-,29-25+/t39-,40+/m0/s1. The Balaban J connectivity index is 4.72. The Morgan fingerprint density at radius 2 is 1.17 bits per heavy atom. The second-order valence-corrected chi connectivity index (χ2v) is 17.5. The molecule has 4 N–H and O–H groups in total. The summed E-state index contributed by atoms with van der Waals surface area (Å²) < 4.78 is 47.5. The molecule has 0 aromatic carbocycles. The van der Waals surface area contributed by atoms with Crippen molar-refractivity contribution in [3.63, 3.8) is 0 Å². The maximum Gasteiger partial charge on any atom is 0.472 e. The first kappa shape index (κ1) is 55.8. The summed E-state index contributed by atoms with van der Waals surface area (Å²) in [6.45, 7) is 3.73. The smallest absolute Gasteiger partial charge is 0.462 e. The summed E-state index contributed by atoms with van der Waals surface area (Å²) in [5.41, 5.74) is 0. The highest BCUT2D eigenvalue weighted by Crippen LogP contribution is 2.43. The zero-order valence-electron chi connectivity index (χ0n) is 35.3. The van der Waals surface area contributed by atoms with Crippen molar-refractivity contribution in [2.24, 2.45) is 5.92 Å². The van der Waals surface area contributed by atoms with Crippen molar-refractivity contribution in [1.29, 1.82) is 0 Å². The molecular weight excluding hydrogens is 790 g/mol. The van der Waals surface area contributed by atoms with Crippen LogP contribution in [0, 0.1) is 5.92 Å². The number of unbranched alkanes of at least 4 members (excludes halogenated alkanes) is 12. The molecule has 3 atom stereocenters. The van der Waals surface area contributed by atoms with Gasteiger partial charge in [-0.25, -0.2) is 9.13 Å². The molecule has 0 amide bonds. The topological polar surface area (TPSA) is 212 Å². The lowest BCUT2D eigenvalue weighted by Gasteiger charge is -2.20. The normalized spacial score (nSPS) is 14.6. The van der Waals surface area contributed by atoms with Crippen LogP contribution in [0.3, 0.4) is 0 Å². The fourth-order valence-electron chi connectivity index (χ4n) is 5.37. The number of carbonyl (C=O) groups excluding carboxylic acids is 3. The van der Waals surface area contributed by atoms with E-state index in [0.29, 0.717) is 6.42 Å². The number of allylic oxidation sites excluding steroid dienone is 8. The van der Waals surface area contributed by atoms with E-state index in [1.54, 1.807) is 12.2 Å². The third-order valence-corrected chi connectivity index (χ3v) is 10.1. The van der Waals surface area contributed by atoms with E-state index < -0.39 is 66.2 Å². The van der Waals surface area contributed by atoms with E-state index in [0.717, 1.165) is 50.9 Å². The molecule has 1 unspecified atom stereocenters. The van der Waals surface area contributed by atoms with Gasteiger partial charge in [-0.05, 0) is 50.5 Å². The largest absolute Gasteiger partial charge is 0.472 e. The van der Waals surface area contributed by atoms with Gasteiger partial charge in [0.05, 0.1) is 19.8 Å². The van der Waals surface area contributed by atoms with Crippen molar-refractivity contribution in [3.05, 3.63) is 48.6 Å². The Morgan fingerprint density at radius 3 is 1.81 bits per heavy atom. The minimum atomic E-state index is -4.88. The average molecular weight is 865 g/mol. The first-order valence-electron chi connectivity index (χ1n) is 21.1. The molecule has 0 aliphatic carbocycles. The second kappa shape index (κ2) is 36.6. The van der Waals surface area contributed by atoms with Crippen LogP contribution >= 0.6 is 15.6 Å². The molecule has 16 heteroatoms. The lowest BCUT2D eigenvalue weighted by atomic mass is 10.0. The number of hydrogen-bond acceptors (Lipinski definition) is 11. The molecule has 0 saturated carbocycles. The zero-order valence-corrected chi connectivity index (χ0v) is 37.1. The van der Waals surface area contributed by atoms with E-state index >= 15 is 0 Å². The summed E-state index contributed by atoms with van der Waals surface area (Å²) in [4.78, 5) is 64.8. The number of carbonyl (C=O) groups is 3. The van der Waals surface area contributed by atoms with Gasteiger partial charge < -0.3 is 29.3 Å². The van der Waals surface area contributed by atoms with E-state index in [1.807, 2.05) is 6.08 Å². The quantitative estimate of drug-likeness (QED) is 0.0113. The predicted molar refractivity (Wildman–Crippen MR) is 226 cm³/mol. The van der Waals surface area contributed by atoms with Crippen molar-refractivity contribution >= 4 is 33.4 Å². The average Bonchev–Trinajstić information content (AvgIpc) is 3.16. The lowest BCUT2D eigenvalue weighted by molar-refractivity contribution is -0.161. The third kappa shape index (κ3) is 40.5. The molecule has 0 aliphatic heterocycles. The first-order chi connectivity index (χ1) is 27.6. The Morgan fingerprint density at radius 1 is 0.603 bits per heavy atom. The molecule has 58 heavy (non-hydrogen) atoms. The van der Waals surface area contributed by atoms with Gasteiger partial charge in [-0.2, -0.15) is 0 Å². The van der Waals surface area contributed by atoms with Crippen LogP contribution in [0.1, 0.15) is 156 Å². The second-order valence-electron chi connectivity index (χ2n) is 14.8. The van der Waals surface area contributed by atoms with E-state index in [1.165, 1.54) is 63.9 Å². The first-order valence-corrected chi connectivity index (χ1v) is 24.2. The monoisotopic (exact) mass is 864 g/mol. The Labute approximate surface area is 347 Å². The molecule has 0 fully saturated rings. The van der Waals surface area contributed by atoms with E-state index in [9.17, 15) is 33.5 Å².